The summed E-state index contributed by atoms with van der Waals surface area (Å²) in [7, 11) is 1.38. The maximum atomic E-state index is 13.6. The van der Waals surface area contributed by atoms with Crippen molar-refractivity contribution in [2.45, 2.75) is 13.0 Å². The molecule has 3 rings (SSSR count). The number of benzene rings is 2. The van der Waals surface area contributed by atoms with Crippen molar-refractivity contribution in [2.75, 3.05) is 7.05 Å². The third-order valence-corrected chi connectivity index (χ3v) is 4.60. The third-order valence-electron chi connectivity index (χ3n) is 4.37. The van der Waals surface area contributed by atoms with E-state index in [9.17, 15) is 18.4 Å². The number of halogens is 3. The average Bonchev–Trinajstić information content (AvgIpc) is 3.09. The molecule has 1 heterocycles. The van der Waals surface area contributed by atoms with E-state index in [1.807, 2.05) is 0 Å². The van der Waals surface area contributed by atoms with E-state index in [0.29, 0.717) is 16.4 Å². The highest BCUT2D eigenvalue weighted by Crippen LogP contribution is 2.20. The molecule has 0 saturated heterocycles. The van der Waals surface area contributed by atoms with Gasteiger partial charge in [0.05, 0.1) is 23.1 Å². The molecule has 0 fully saturated rings. The summed E-state index contributed by atoms with van der Waals surface area (Å²) in [5.74, 6) is -3.33. The lowest BCUT2D eigenvalue weighted by molar-refractivity contribution is -0.122. The highest BCUT2D eigenvalue weighted by atomic mass is 35.5. The van der Waals surface area contributed by atoms with E-state index in [-0.39, 0.29) is 11.1 Å². The molecule has 0 aliphatic heterocycles. The third kappa shape index (κ3) is 4.27. The molecule has 0 aliphatic rings. The lowest BCUT2D eigenvalue weighted by Crippen LogP contribution is -2.39. The molecule has 9 heteroatoms. The van der Waals surface area contributed by atoms with Crippen molar-refractivity contribution >= 4 is 23.4 Å². The van der Waals surface area contributed by atoms with Gasteiger partial charge < -0.3 is 10.6 Å². The SMILES string of the molecule is CNC(=O)C(NC(=O)c1cnn(-c2cccc(Cl)c2)c1C)c1ccc(F)c(F)c1. The van der Waals surface area contributed by atoms with Gasteiger partial charge in [-0.25, -0.2) is 13.5 Å². The molecule has 0 saturated carbocycles. The van der Waals surface area contributed by atoms with Gasteiger partial charge in [-0.05, 0) is 42.8 Å². The minimum absolute atomic E-state index is 0.108. The van der Waals surface area contributed by atoms with Crippen molar-refractivity contribution in [2.24, 2.45) is 0 Å². The standard InChI is InChI=1S/C20H17ClF2N4O2/c1-11-15(10-25-27(11)14-5-3-4-13(21)9-14)19(28)26-18(20(29)24-2)12-6-7-16(22)17(23)8-12/h3-10,18H,1-2H3,(H,24,29)(H,26,28). The van der Waals surface area contributed by atoms with Gasteiger partial charge in [0.15, 0.2) is 11.6 Å². The lowest BCUT2D eigenvalue weighted by atomic mass is 10.0. The highest BCUT2D eigenvalue weighted by molar-refractivity contribution is 6.30. The Labute approximate surface area is 170 Å². The Morgan fingerprint density at radius 3 is 2.55 bits per heavy atom. The average molecular weight is 419 g/mol. The second kappa shape index (κ2) is 8.40. The molecule has 0 bridgehead atoms. The number of aromatic nitrogens is 2. The second-order valence-corrected chi connectivity index (χ2v) is 6.67. The van der Waals surface area contributed by atoms with Crippen LogP contribution in [-0.4, -0.2) is 28.6 Å². The Balaban J connectivity index is 1.90. The quantitative estimate of drug-likeness (QED) is 0.667. The smallest absolute Gasteiger partial charge is 0.255 e. The van der Waals surface area contributed by atoms with E-state index in [1.165, 1.54) is 24.0 Å². The molecular formula is C20H17ClF2N4O2. The summed E-state index contributed by atoms with van der Waals surface area (Å²) in [6, 6.07) is 8.74. The first-order valence-corrected chi connectivity index (χ1v) is 8.97. The fraction of sp³-hybridized carbons (Fsp3) is 0.150. The van der Waals surface area contributed by atoms with Gasteiger partial charge in [0.1, 0.15) is 6.04 Å². The Kier molecular flexibility index (Phi) is 5.93. The first-order chi connectivity index (χ1) is 13.8. The van der Waals surface area contributed by atoms with Gasteiger partial charge in [0.2, 0.25) is 5.91 Å². The minimum atomic E-state index is -1.21. The molecular weight excluding hydrogens is 402 g/mol. The maximum absolute atomic E-state index is 13.6. The predicted molar refractivity (Wildman–Crippen MR) is 104 cm³/mol. The summed E-state index contributed by atoms with van der Waals surface area (Å²) in [6.45, 7) is 1.69. The first-order valence-electron chi connectivity index (χ1n) is 8.59. The number of hydrogen-bond donors (Lipinski definition) is 2. The van der Waals surface area contributed by atoms with Crippen LogP contribution in [0.25, 0.3) is 5.69 Å². The Morgan fingerprint density at radius 2 is 1.90 bits per heavy atom. The van der Waals surface area contributed by atoms with Crippen LogP contribution in [0.5, 0.6) is 0 Å². The van der Waals surface area contributed by atoms with E-state index < -0.39 is 29.5 Å². The molecule has 2 aromatic carbocycles. The van der Waals surface area contributed by atoms with Crippen LogP contribution in [-0.2, 0) is 4.79 Å². The number of nitrogens with zero attached hydrogens (tertiary/aromatic N) is 2. The van der Waals surface area contributed by atoms with Crippen LogP contribution in [0.1, 0.15) is 27.7 Å². The zero-order valence-electron chi connectivity index (χ0n) is 15.5. The number of nitrogens with one attached hydrogen (secondary N) is 2. The van der Waals surface area contributed by atoms with Gasteiger partial charge in [-0.15, -0.1) is 0 Å². The van der Waals surface area contributed by atoms with Crippen molar-refractivity contribution in [3.8, 4) is 5.69 Å². The van der Waals surface area contributed by atoms with Gasteiger partial charge in [0, 0.05) is 12.1 Å². The summed E-state index contributed by atoms with van der Waals surface area (Å²) >= 11 is 6.01. The van der Waals surface area contributed by atoms with E-state index >= 15 is 0 Å². The normalized spacial score (nSPS) is 11.8. The van der Waals surface area contributed by atoms with Crippen LogP contribution in [0.15, 0.2) is 48.7 Å². The Hall–Kier alpha value is -3.26. The Bertz CT molecular complexity index is 1080. The largest absolute Gasteiger partial charge is 0.357 e. The zero-order chi connectivity index (χ0) is 21.1. The highest BCUT2D eigenvalue weighted by Gasteiger charge is 2.25. The van der Waals surface area contributed by atoms with Crippen LogP contribution >= 0.6 is 11.6 Å². The monoisotopic (exact) mass is 418 g/mol. The molecule has 0 spiro atoms. The lowest BCUT2D eigenvalue weighted by Gasteiger charge is -2.18. The molecule has 0 radical (unpaired) electrons. The molecule has 1 unspecified atom stereocenters. The van der Waals surface area contributed by atoms with E-state index in [0.717, 1.165) is 12.1 Å². The van der Waals surface area contributed by atoms with Crippen molar-refractivity contribution in [3.63, 3.8) is 0 Å². The molecule has 2 N–H and O–H groups in total. The van der Waals surface area contributed by atoms with E-state index in [1.54, 1.807) is 31.2 Å². The summed E-state index contributed by atoms with van der Waals surface area (Å²) in [6.07, 6.45) is 1.36. The summed E-state index contributed by atoms with van der Waals surface area (Å²) in [5.41, 5.74) is 1.51. The van der Waals surface area contributed by atoms with Crippen LogP contribution in [0.3, 0.4) is 0 Å². The van der Waals surface area contributed by atoms with Gasteiger partial charge in [0.25, 0.3) is 5.91 Å². The predicted octanol–water partition coefficient (Wildman–Crippen LogP) is 3.33. The molecule has 1 atom stereocenters. The van der Waals surface area contributed by atoms with Crippen LogP contribution in [0, 0.1) is 18.6 Å². The number of amides is 2. The van der Waals surface area contributed by atoms with Crippen molar-refractivity contribution < 1.29 is 18.4 Å². The molecule has 29 heavy (non-hydrogen) atoms. The van der Waals surface area contributed by atoms with Gasteiger partial charge in [-0.1, -0.05) is 23.7 Å². The molecule has 2 amide bonds. The van der Waals surface area contributed by atoms with Crippen molar-refractivity contribution in [1.29, 1.82) is 0 Å². The van der Waals surface area contributed by atoms with Crippen molar-refractivity contribution in [1.82, 2.24) is 20.4 Å². The molecule has 0 aliphatic carbocycles. The number of carbonyl (C=O) groups is 2. The van der Waals surface area contributed by atoms with Gasteiger partial charge in [-0.2, -0.15) is 5.10 Å². The number of rotatable bonds is 5. The van der Waals surface area contributed by atoms with E-state index in [2.05, 4.69) is 15.7 Å². The maximum Gasteiger partial charge on any atom is 0.255 e. The summed E-state index contributed by atoms with van der Waals surface area (Å²) < 4.78 is 28.4. The number of likely N-dealkylation sites (N-methyl/N-ethyl adjacent to an activating group) is 1. The van der Waals surface area contributed by atoms with Crippen LogP contribution in [0.2, 0.25) is 5.02 Å². The molecule has 150 valence electrons. The number of carbonyl (C=O) groups excluding carboxylic acids is 2. The topological polar surface area (TPSA) is 76.0 Å². The fourth-order valence-corrected chi connectivity index (χ4v) is 3.03. The van der Waals surface area contributed by atoms with Crippen LogP contribution < -0.4 is 10.6 Å². The first kappa shape index (κ1) is 20.5. The molecule has 3 aromatic rings. The van der Waals surface area contributed by atoms with Gasteiger partial charge >= 0.3 is 0 Å². The zero-order valence-corrected chi connectivity index (χ0v) is 16.3. The second-order valence-electron chi connectivity index (χ2n) is 6.23. The molecule has 6 nitrogen and oxygen atoms in total. The Morgan fingerprint density at radius 1 is 1.14 bits per heavy atom. The van der Waals surface area contributed by atoms with Crippen LogP contribution in [0.4, 0.5) is 8.78 Å². The minimum Gasteiger partial charge on any atom is -0.357 e. The van der Waals surface area contributed by atoms with E-state index in [4.69, 9.17) is 11.6 Å². The van der Waals surface area contributed by atoms with Crippen molar-refractivity contribution in [3.05, 3.63) is 82.1 Å². The molecule has 1 aromatic heterocycles. The van der Waals surface area contributed by atoms with Gasteiger partial charge in [-0.3, -0.25) is 9.59 Å². The number of hydrogen-bond acceptors (Lipinski definition) is 3. The summed E-state index contributed by atoms with van der Waals surface area (Å²) in [4.78, 5) is 25.0. The fourth-order valence-electron chi connectivity index (χ4n) is 2.85. The summed E-state index contributed by atoms with van der Waals surface area (Å²) in [5, 5.41) is 9.67.